The highest BCUT2D eigenvalue weighted by Gasteiger charge is 2.10. The van der Waals surface area contributed by atoms with Gasteiger partial charge in [-0.25, -0.2) is 4.39 Å². The molecule has 2 aromatic carbocycles. The van der Waals surface area contributed by atoms with Crippen LogP contribution in [-0.4, -0.2) is 15.7 Å². The van der Waals surface area contributed by atoms with E-state index < -0.39 is 0 Å². The Morgan fingerprint density at radius 3 is 2.69 bits per heavy atom. The molecule has 4 nitrogen and oxygen atoms in total. The Hall–Kier alpha value is -2.44. The van der Waals surface area contributed by atoms with Crippen LogP contribution in [0.25, 0.3) is 6.08 Å². The number of amides is 1. The molecule has 132 valence electrons. The number of anilines is 1. The van der Waals surface area contributed by atoms with Gasteiger partial charge >= 0.3 is 0 Å². The van der Waals surface area contributed by atoms with E-state index in [0.717, 1.165) is 11.1 Å². The van der Waals surface area contributed by atoms with Crippen molar-refractivity contribution in [3.63, 3.8) is 0 Å². The van der Waals surface area contributed by atoms with Gasteiger partial charge in [0.1, 0.15) is 5.82 Å². The lowest BCUT2D eigenvalue weighted by Crippen LogP contribution is -2.09. The molecule has 0 unspecified atom stereocenters. The van der Waals surface area contributed by atoms with Gasteiger partial charge in [0.15, 0.2) is 5.82 Å². The first-order chi connectivity index (χ1) is 12.5. The fraction of sp³-hybridized carbons (Fsp3) is 0.0526. The number of carbonyl (C=O) groups is 1. The molecule has 0 saturated heterocycles. The summed E-state index contributed by atoms with van der Waals surface area (Å²) >= 11 is 9.54. The lowest BCUT2D eigenvalue weighted by Gasteiger charge is -2.04. The van der Waals surface area contributed by atoms with Crippen LogP contribution in [-0.2, 0) is 11.3 Å². The van der Waals surface area contributed by atoms with Crippen molar-refractivity contribution in [3.05, 3.63) is 87.2 Å². The van der Waals surface area contributed by atoms with E-state index in [1.54, 1.807) is 29.1 Å². The molecule has 0 aliphatic rings. The Labute approximate surface area is 163 Å². The van der Waals surface area contributed by atoms with E-state index in [1.165, 1.54) is 18.2 Å². The van der Waals surface area contributed by atoms with Crippen LogP contribution in [0, 0.1) is 5.82 Å². The van der Waals surface area contributed by atoms with Crippen LogP contribution in [0.1, 0.15) is 11.1 Å². The number of nitrogens with zero attached hydrogens (tertiary/aromatic N) is 2. The van der Waals surface area contributed by atoms with Crippen LogP contribution in [0.4, 0.5) is 10.2 Å². The molecule has 1 aromatic heterocycles. The van der Waals surface area contributed by atoms with Crippen LogP contribution < -0.4 is 5.32 Å². The summed E-state index contributed by atoms with van der Waals surface area (Å²) in [7, 11) is 0. The second-order valence-corrected chi connectivity index (χ2v) is 6.75. The first-order valence-electron chi connectivity index (χ1n) is 7.72. The van der Waals surface area contributed by atoms with Gasteiger partial charge in [0.2, 0.25) is 5.91 Å². The van der Waals surface area contributed by atoms with E-state index in [2.05, 4.69) is 26.3 Å². The van der Waals surface area contributed by atoms with Crippen LogP contribution in [0.5, 0.6) is 0 Å². The van der Waals surface area contributed by atoms with Crippen molar-refractivity contribution in [1.29, 1.82) is 0 Å². The van der Waals surface area contributed by atoms with Crippen molar-refractivity contribution in [2.24, 2.45) is 0 Å². The SMILES string of the molecule is O=C(/C=C/c1ccc(F)cc1)Nc1nn(Cc2ccccc2Cl)cc1Br. The molecule has 26 heavy (non-hydrogen) atoms. The minimum atomic E-state index is -0.335. The second kappa shape index (κ2) is 8.29. The monoisotopic (exact) mass is 433 g/mol. The number of rotatable bonds is 5. The number of nitrogens with one attached hydrogen (secondary N) is 1. The fourth-order valence-corrected chi connectivity index (χ4v) is 2.88. The third-order valence-corrected chi connectivity index (χ3v) is 4.50. The maximum Gasteiger partial charge on any atom is 0.249 e. The predicted octanol–water partition coefficient (Wildman–Crippen LogP) is 5.14. The molecule has 0 saturated carbocycles. The first kappa shape index (κ1) is 18.4. The molecule has 0 fully saturated rings. The molecule has 1 heterocycles. The summed E-state index contributed by atoms with van der Waals surface area (Å²) in [5, 5.41) is 7.71. The highest BCUT2D eigenvalue weighted by Crippen LogP contribution is 2.22. The molecule has 0 aliphatic heterocycles. The molecule has 0 bridgehead atoms. The summed E-state index contributed by atoms with van der Waals surface area (Å²) in [4.78, 5) is 12.1. The molecule has 1 amide bonds. The minimum absolute atomic E-state index is 0.320. The van der Waals surface area contributed by atoms with Crippen LogP contribution >= 0.6 is 27.5 Å². The van der Waals surface area contributed by atoms with Crippen molar-refractivity contribution < 1.29 is 9.18 Å². The number of halogens is 3. The lowest BCUT2D eigenvalue weighted by molar-refractivity contribution is -0.111. The van der Waals surface area contributed by atoms with Gasteiger partial charge in [0, 0.05) is 17.3 Å². The molecule has 7 heteroatoms. The minimum Gasteiger partial charge on any atom is -0.305 e. The van der Waals surface area contributed by atoms with E-state index >= 15 is 0 Å². The van der Waals surface area contributed by atoms with Gasteiger partial charge in [0.05, 0.1) is 11.0 Å². The summed E-state index contributed by atoms with van der Waals surface area (Å²) in [6, 6.07) is 13.4. The highest BCUT2D eigenvalue weighted by atomic mass is 79.9. The summed E-state index contributed by atoms with van der Waals surface area (Å²) in [5.41, 5.74) is 1.66. The van der Waals surface area contributed by atoms with Crippen LogP contribution in [0.15, 0.2) is 65.3 Å². The van der Waals surface area contributed by atoms with Gasteiger partial charge in [0.25, 0.3) is 0 Å². The Morgan fingerprint density at radius 1 is 1.23 bits per heavy atom. The van der Waals surface area contributed by atoms with Crippen molar-refractivity contribution in [2.45, 2.75) is 6.54 Å². The molecule has 0 aliphatic carbocycles. The van der Waals surface area contributed by atoms with Crippen molar-refractivity contribution >= 4 is 45.3 Å². The molecule has 3 rings (SSSR count). The van der Waals surface area contributed by atoms with Gasteiger partial charge < -0.3 is 5.32 Å². The maximum absolute atomic E-state index is 12.9. The van der Waals surface area contributed by atoms with Gasteiger partial charge in [-0.2, -0.15) is 5.10 Å². The summed E-state index contributed by atoms with van der Waals surface area (Å²) < 4.78 is 15.2. The molecule has 3 aromatic rings. The Bertz CT molecular complexity index is 954. The number of benzene rings is 2. The second-order valence-electron chi connectivity index (χ2n) is 5.49. The molecule has 0 radical (unpaired) electrons. The Balaban J connectivity index is 1.66. The molecule has 0 atom stereocenters. The van der Waals surface area contributed by atoms with Gasteiger partial charge in [-0.15, -0.1) is 0 Å². The summed E-state index contributed by atoms with van der Waals surface area (Å²) in [5.74, 6) is -0.247. The number of aromatic nitrogens is 2. The average Bonchev–Trinajstić information content (AvgIpc) is 2.95. The summed E-state index contributed by atoms with van der Waals surface area (Å²) in [6.07, 6.45) is 4.73. The third-order valence-electron chi connectivity index (χ3n) is 3.55. The zero-order valence-electron chi connectivity index (χ0n) is 13.5. The molecule has 0 spiro atoms. The topological polar surface area (TPSA) is 46.9 Å². The van der Waals surface area contributed by atoms with Gasteiger partial charge in [-0.1, -0.05) is 41.9 Å². The normalized spacial score (nSPS) is 11.0. The van der Waals surface area contributed by atoms with E-state index in [-0.39, 0.29) is 11.7 Å². The van der Waals surface area contributed by atoms with Crippen molar-refractivity contribution in [3.8, 4) is 0 Å². The molecule has 1 N–H and O–H groups in total. The largest absolute Gasteiger partial charge is 0.305 e. The highest BCUT2D eigenvalue weighted by molar-refractivity contribution is 9.10. The van der Waals surface area contributed by atoms with E-state index in [9.17, 15) is 9.18 Å². The quantitative estimate of drug-likeness (QED) is 0.565. The average molecular weight is 435 g/mol. The first-order valence-corrected chi connectivity index (χ1v) is 8.89. The number of hydrogen-bond acceptors (Lipinski definition) is 2. The van der Waals surface area contributed by atoms with E-state index in [4.69, 9.17) is 11.6 Å². The van der Waals surface area contributed by atoms with Crippen molar-refractivity contribution in [2.75, 3.05) is 5.32 Å². The Morgan fingerprint density at radius 2 is 1.96 bits per heavy atom. The van der Waals surface area contributed by atoms with E-state index in [0.29, 0.717) is 21.9 Å². The number of hydrogen-bond donors (Lipinski definition) is 1. The zero-order valence-corrected chi connectivity index (χ0v) is 15.8. The smallest absolute Gasteiger partial charge is 0.249 e. The standard InChI is InChI=1S/C19H14BrClFN3O/c20-16-12-25(11-14-3-1-2-4-17(14)21)24-19(16)23-18(26)10-7-13-5-8-15(22)9-6-13/h1-10,12H,11H2,(H,23,24,26)/b10-7+. The van der Waals surface area contributed by atoms with Crippen molar-refractivity contribution in [1.82, 2.24) is 9.78 Å². The lowest BCUT2D eigenvalue weighted by atomic mass is 10.2. The maximum atomic E-state index is 12.9. The Kier molecular flexibility index (Phi) is 5.85. The van der Waals surface area contributed by atoms with Crippen LogP contribution in [0.3, 0.4) is 0 Å². The molecular formula is C19H14BrClFN3O. The van der Waals surface area contributed by atoms with Gasteiger partial charge in [-0.3, -0.25) is 9.48 Å². The molecular weight excluding hydrogens is 421 g/mol. The third kappa shape index (κ3) is 4.80. The summed E-state index contributed by atoms with van der Waals surface area (Å²) in [6.45, 7) is 0.486. The van der Waals surface area contributed by atoms with Gasteiger partial charge in [-0.05, 0) is 51.3 Å². The van der Waals surface area contributed by atoms with Crippen LogP contribution in [0.2, 0.25) is 5.02 Å². The predicted molar refractivity (Wildman–Crippen MR) is 105 cm³/mol. The van der Waals surface area contributed by atoms with E-state index in [1.807, 2.05) is 24.3 Å². The fourth-order valence-electron chi connectivity index (χ4n) is 2.27. The zero-order chi connectivity index (χ0) is 18.5. The number of carbonyl (C=O) groups excluding carboxylic acids is 1.